The van der Waals surface area contributed by atoms with Gasteiger partial charge in [0.15, 0.2) is 28.3 Å². The van der Waals surface area contributed by atoms with E-state index in [1.54, 1.807) is 36.4 Å². The number of ether oxygens (including phenoxy) is 5. The fraction of sp³-hybridized carbons (Fsp3) is 0.610. The fourth-order valence-electron chi connectivity index (χ4n) is 7.68. The van der Waals surface area contributed by atoms with Crippen LogP contribution in [0.1, 0.15) is 97.1 Å². The highest BCUT2D eigenvalue weighted by Crippen LogP contribution is 2.49. The van der Waals surface area contributed by atoms with Crippen molar-refractivity contribution in [1.82, 2.24) is 5.32 Å². The number of hydrogen-bond acceptors (Lipinski definition) is 13. The average molecular weight is 818 g/mol. The highest BCUT2D eigenvalue weighted by atomic mass is 32.2. The number of nitrogens with zero attached hydrogens (tertiary/aromatic N) is 1. The number of fused-ring (bicyclic) bond motifs is 1. The summed E-state index contributed by atoms with van der Waals surface area (Å²) in [7, 11) is -0.101. The zero-order valence-corrected chi connectivity index (χ0v) is 35.1. The van der Waals surface area contributed by atoms with Crippen molar-refractivity contribution < 1.29 is 56.4 Å². The van der Waals surface area contributed by atoms with Crippen LogP contribution in [0.2, 0.25) is 0 Å². The Kier molecular flexibility index (Phi) is 15.9. The zero-order chi connectivity index (χ0) is 42.1. The molecule has 4 rings (SSSR count). The topological polar surface area (TPSA) is 196 Å². The van der Waals surface area contributed by atoms with E-state index in [9.17, 15) is 32.7 Å². The molecule has 2 aliphatic rings. The van der Waals surface area contributed by atoms with E-state index in [1.165, 1.54) is 20.8 Å². The summed E-state index contributed by atoms with van der Waals surface area (Å²) in [5.74, 6) is -2.98. The molecule has 1 fully saturated rings. The summed E-state index contributed by atoms with van der Waals surface area (Å²) in [6.45, 7) is 9.32. The Morgan fingerprint density at radius 1 is 0.912 bits per heavy atom. The van der Waals surface area contributed by atoms with Crippen LogP contribution in [-0.2, 0) is 47.9 Å². The molecule has 16 heteroatoms. The molecular formula is C41H59N3O12S. The van der Waals surface area contributed by atoms with Crippen LogP contribution in [-0.4, -0.2) is 107 Å². The van der Waals surface area contributed by atoms with E-state index in [4.69, 9.17) is 23.7 Å². The van der Waals surface area contributed by atoms with Crippen molar-refractivity contribution >= 4 is 45.2 Å². The number of urea groups is 1. The van der Waals surface area contributed by atoms with Crippen LogP contribution in [0.4, 0.5) is 16.2 Å². The minimum absolute atomic E-state index is 0.164. The van der Waals surface area contributed by atoms with Crippen LogP contribution >= 0.6 is 0 Å². The molecule has 57 heavy (non-hydrogen) atoms. The third-order valence-electron chi connectivity index (χ3n) is 10.6. The number of esters is 3. The molecule has 0 saturated carbocycles. The summed E-state index contributed by atoms with van der Waals surface area (Å²) < 4.78 is 56.9. The van der Waals surface area contributed by atoms with Gasteiger partial charge in [-0.2, -0.15) is 0 Å². The molecule has 2 aromatic carbocycles. The maximum absolute atomic E-state index is 14.1. The Morgan fingerprint density at radius 3 is 2.21 bits per heavy atom. The number of amides is 2. The normalized spacial score (nSPS) is 26.6. The summed E-state index contributed by atoms with van der Waals surface area (Å²) in [6.07, 6.45) is -3.22. The Hall–Kier alpha value is -4.25. The number of rotatable bonds is 16. The molecule has 316 valence electrons. The second-order valence-corrected chi connectivity index (χ2v) is 17.0. The lowest BCUT2D eigenvalue weighted by atomic mass is 9.69. The minimum atomic E-state index is -3.81. The molecule has 0 spiro atoms. The number of aliphatic hydroxyl groups is 1. The van der Waals surface area contributed by atoms with E-state index in [2.05, 4.69) is 10.6 Å². The number of aliphatic hydroxyl groups excluding tert-OH is 1. The first-order valence-electron chi connectivity index (χ1n) is 19.6. The molecule has 2 aliphatic heterocycles. The zero-order valence-electron chi connectivity index (χ0n) is 34.2. The molecule has 2 amide bonds. The average Bonchev–Trinajstić information content (AvgIpc) is 3.21. The van der Waals surface area contributed by atoms with Gasteiger partial charge in [-0.3, -0.25) is 14.4 Å². The van der Waals surface area contributed by atoms with Crippen molar-refractivity contribution in [3.05, 3.63) is 53.6 Å². The number of hydrogen-bond donors (Lipinski definition) is 3. The van der Waals surface area contributed by atoms with Gasteiger partial charge in [0.1, 0.15) is 18.8 Å². The van der Waals surface area contributed by atoms with Gasteiger partial charge in [-0.05, 0) is 60.7 Å². The first kappa shape index (κ1) is 45.5. The number of unbranched alkanes of at least 4 members (excludes halogenated alkanes) is 2. The maximum atomic E-state index is 14.1. The molecule has 15 nitrogen and oxygen atoms in total. The van der Waals surface area contributed by atoms with Crippen molar-refractivity contribution in [2.45, 2.75) is 128 Å². The molecule has 0 bridgehead atoms. The van der Waals surface area contributed by atoms with Crippen LogP contribution in [0.3, 0.4) is 0 Å². The van der Waals surface area contributed by atoms with Crippen molar-refractivity contribution in [3.8, 4) is 0 Å². The molecule has 0 aromatic heterocycles. The predicted molar refractivity (Wildman–Crippen MR) is 213 cm³/mol. The Bertz CT molecular complexity index is 1840. The first-order chi connectivity index (χ1) is 27.0. The van der Waals surface area contributed by atoms with Crippen LogP contribution in [0, 0.1) is 5.41 Å². The number of benzene rings is 2. The Morgan fingerprint density at radius 2 is 1.60 bits per heavy atom. The predicted octanol–water partition coefficient (Wildman–Crippen LogP) is 5.08. The van der Waals surface area contributed by atoms with Crippen LogP contribution < -0.4 is 15.5 Å². The summed E-state index contributed by atoms with van der Waals surface area (Å²) in [4.78, 5) is 52.2. The van der Waals surface area contributed by atoms with Crippen molar-refractivity contribution in [2.75, 3.05) is 43.3 Å². The summed E-state index contributed by atoms with van der Waals surface area (Å²) in [6, 6.07) is 11.3. The molecule has 3 N–H and O–H groups in total. The largest absolute Gasteiger partial charge is 0.463 e. The van der Waals surface area contributed by atoms with E-state index in [-0.39, 0.29) is 23.9 Å². The van der Waals surface area contributed by atoms with E-state index >= 15 is 0 Å². The van der Waals surface area contributed by atoms with Crippen LogP contribution in [0.15, 0.2) is 47.4 Å². The lowest BCUT2D eigenvalue weighted by molar-refractivity contribution is -0.258. The number of carbonyl (C=O) groups excluding carboxylic acids is 4. The second kappa shape index (κ2) is 19.9. The van der Waals surface area contributed by atoms with Gasteiger partial charge < -0.3 is 44.3 Å². The third kappa shape index (κ3) is 11.2. The first-order valence-corrected chi connectivity index (χ1v) is 21.3. The molecule has 0 unspecified atom stereocenters. The third-order valence-corrected chi connectivity index (χ3v) is 12.6. The van der Waals surface area contributed by atoms with Gasteiger partial charge in [0.05, 0.1) is 16.8 Å². The number of sulfone groups is 1. The lowest BCUT2D eigenvalue weighted by Crippen LogP contribution is -2.66. The quantitative estimate of drug-likeness (QED) is 0.115. The lowest BCUT2D eigenvalue weighted by Gasteiger charge is -2.45. The van der Waals surface area contributed by atoms with Crippen molar-refractivity contribution in [2.24, 2.45) is 5.41 Å². The van der Waals surface area contributed by atoms with E-state index in [0.29, 0.717) is 36.1 Å². The van der Waals surface area contributed by atoms with Gasteiger partial charge in [-0.1, -0.05) is 52.2 Å². The summed E-state index contributed by atoms with van der Waals surface area (Å²) in [5, 5.41) is 17.9. The second-order valence-electron chi connectivity index (χ2n) is 15.1. The molecule has 2 heterocycles. The standard InChI is InChI=1S/C41H59N3O12S/c1-9-12-19-41(11-3)24-57(50,51)33-18-17-30(44(7)8)22-31(33)34(38(41)48)28-15-14-16-29(21-28)42-40(49)43-39-37(55-27(6)47)36(52-20-13-10-2)35(54-26(5)46)32(56-39)23-53-25(4)45/h14-18,21-22,32,34-39,48H,9-13,19-20,23-24H2,1-8H3,(H2,42,43,49)/t32-,34-,35-,36+,37-,38-,39-,41-/m1/s1. The van der Waals surface area contributed by atoms with Crippen LogP contribution in [0.25, 0.3) is 0 Å². The number of anilines is 2. The van der Waals surface area contributed by atoms with Gasteiger partial charge in [0.25, 0.3) is 0 Å². The van der Waals surface area contributed by atoms with E-state index in [1.807, 2.05) is 45.8 Å². The summed E-state index contributed by atoms with van der Waals surface area (Å²) in [5.41, 5.74) is 1.20. The van der Waals surface area contributed by atoms with Gasteiger partial charge in [-0.15, -0.1) is 0 Å². The number of nitrogens with one attached hydrogen (secondary N) is 2. The van der Waals surface area contributed by atoms with Crippen molar-refractivity contribution in [3.63, 3.8) is 0 Å². The van der Waals surface area contributed by atoms with Gasteiger partial charge in [0, 0.05) is 64.2 Å². The van der Waals surface area contributed by atoms with Gasteiger partial charge >= 0.3 is 23.9 Å². The molecule has 0 radical (unpaired) electrons. The maximum Gasteiger partial charge on any atom is 0.321 e. The molecule has 1 saturated heterocycles. The Balaban J connectivity index is 1.73. The van der Waals surface area contributed by atoms with Gasteiger partial charge in [-0.25, -0.2) is 13.2 Å². The molecule has 2 aromatic rings. The van der Waals surface area contributed by atoms with Crippen LogP contribution in [0.5, 0.6) is 0 Å². The Labute approximate surface area is 336 Å². The number of carbonyl (C=O) groups is 4. The highest BCUT2D eigenvalue weighted by Gasteiger charge is 2.52. The van der Waals surface area contributed by atoms with E-state index < -0.39 is 81.9 Å². The van der Waals surface area contributed by atoms with Gasteiger partial charge in [0.2, 0.25) is 0 Å². The van der Waals surface area contributed by atoms with Crippen molar-refractivity contribution in [1.29, 1.82) is 0 Å². The smallest absolute Gasteiger partial charge is 0.321 e. The highest BCUT2D eigenvalue weighted by molar-refractivity contribution is 7.91. The molecule has 0 aliphatic carbocycles. The van der Waals surface area contributed by atoms with E-state index in [0.717, 1.165) is 24.9 Å². The minimum Gasteiger partial charge on any atom is -0.463 e. The molecule has 8 atom stereocenters. The molecular weight excluding hydrogens is 759 g/mol. The summed E-state index contributed by atoms with van der Waals surface area (Å²) >= 11 is 0. The fourth-order valence-corrected chi connectivity index (χ4v) is 9.93. The SMILES string of the molecule is CCCCO[C@@H]1[C@@H](OC(C)=O)[C@H](NC(=O)Nc2cccc([C@@H]3c4cc(N(C)C)ccc4S(=O)(=O)C[C@@](CC)(CCCC)[C@@H]3O)c2)O[C@H](COC(C)=O)[C@H]1OC(C)=O. The monoisotopic (exact) mass is 817 g/mol.